The van der Waals surface area contributed by atoms with Crippen molar-refractivity contribution in [3.8, 4) is 16.9 Å². The Morgan fingerprint density at radius 1 is 1.00 bits per heavy atom. The molecule has 1 heterocycles. The van der Waals surface area contributed by atoms with Gasteiger partial charge in [0.2, 0.25) is 0 Å². The van der Waals surface area contributed by atoms with Crippen LogP contribution in [-0.4, -0.2) is 10.2 Å². The van der Waals surface area contributed by atoms with Crippen LogP contribution in [0.2, 0.25) is 5.15 Å². The van der Waals surface area contributed by atoms with Crippen molar-refractivity contribution in [2.45, 2.75) is 6.61 Å². The maximum atomic E-state index is 13.6. The Morgan fingerprint density at radius 3 is 2.59 bits per heavy atom. The molecular formula is C17H12ClFN2O. The number of hydrogen-bond acceptors (Lipinski definition) is 3. The zero-order valence-corrected chi connectivity index (χ0v) is 12.3. The number of halogens is 2. The SMILES string of the molecule is Fc1ccc(OCc2ccccc2)c(-c2ccnnc2Cl)c1. The highest BCUT2D eigenvalue weighted by Gasteiger charge is 2.12. The molecule has 0 spiro atoms. The lowest BCUT2D eigenvalue weighted by Crippen LogP contribution is -1.98. The zero-order valence-electron chi connectivity index (χ0n) is 11.5. The van der Waals surface area contributed by atoms with Crippen LogP contribution in [-0.2, 0) is 6.61 Å². The Kier molecular flexibility index (Phi) is 4.30. The van der Waals surface area contributed by atoms with Gasteiger partial charge in [-0.2, -0.15) is 5.10 Å². The molecule has 1 aromatic heterocycles. The molecule has 0 aliphatic heterocycles. The van der Waals surface area contributed by atoms with Gasteiger partial charge in [0.05, 0.1) is 6.20 Å². The predicted octanol–water partition coefficient (Wildman–Crippen LogP) is 4.52. The van der Waals surface area contributed by atoms with Gasteiger partial charge in [0.15, 0.2) is 5.15 Å². The molecule has 0 amide bonds. The third-order valence-corrected chi connectivity index (χ3v) is 3.42. The summed E-state index contributed by atoms with van der Waals surface area (Å²) in [6, 6.07) is 15.7. The highest BCUT2D eigenvalue weighted by molar-refractivity contribution is 6.32. The van der Waals surface area contributed by atoms with E-state index >= 15 is 0 Å². The number of aromatic nitrogens is 2. The summed E-state index contributed by atoms with van der Waals surface area (Å²) in [4.78, 5) is 0. The summed E-state index contributed by atoms with van der Waals surface area (Å²) in [5.41, 5.74) is 2.16. The topological polar surface area (TPSA) is 35.0 Å². The molecule has 0 bridgehead atoms. The van der Waals surface area contributed by atoms with Crippen molar-refractivity contribution in [2.75, 3.05) is 0 Å². The maximum Gasteiger partial charge on any atom is 0.159 e. The van der Waals surface area contributed by atoms with E-state index in [4.69, 9.17) is 16.3 Å². The Hall–Kier alpha value is -2.46. The minimum Gasteiger partial charge on any atom is -0.488 e. The minimum absolute atomic E-state index is 0.206. The van der Waals surface area contributed by atoms with Crippen LogP contribution in [0, 0.1) is 5.82 Å². The molecule has 2 aromatic carbocycles. The highest BCUT2D eigenvalue weighted by atomic mass is 35.5. The molecule has 0 atom stereocenters. The van der Waals surface area contributed by atoms with Gasteiger partial charge >= 0.3 is 0 Å². The second-order valence-electron chi connectivity index (χ2n) is 4.65. The van der Waals surface area contributed by atoms with E-state index in [1.165, 1.54) is 18.3 Å². The van der Waals surface area contributed by atoms with Crippen LogP contribution in [0.25, 0.3) is 11.1 Å². The predicted molar refractivity (Wildman–Crippen MR) is 83.2 cm³/mol. The van der Waals surface area contributed by atoms with Gasteiger partial charge in [0, 0.05) is 11.1 Å². The summed E-state index contributed by atoms with van der Waals surface area (Å²) in [6.45, 7) is 0.385. The van der Waals surface area contributed by atoms with Gasteiger partial charge in [-0.3, -0.25) is 0 Å². The van der Waals surface area contributed by atoms with E-state index < -0.39 is 0 Å². The summed E-state index contributed by atoms with van der Waals surface area (Å²) in [5, 5.41) is 7.69. The van der Waals surface area contributed by atoms with E-state index in [2.05, 4.69) is 10.2 Å². The van der Waals surface area contributed by atoms with Crippen LogP contribution in [0.3, 0.4) is 0 Å². The van der Waals surface area contributed by atoms with Gasteiger partial charge in [-0.05, 0) is 29.8 Å². The fourth-order valence-electron chi connectivity index (χ4n) is 2.09. The van der Waals surface area contributed by atoms with Gasteiger partial charge in [-0.25, -0.2) is 4.39 Å². The maximum absolute atomic E-state index is 13.6. The lowest BCUT2D eigenvalue weighted by atomic mass is 10.1. The average molecular weight is 315 g/mol. The van der Waals surface area contributed by atoms with Gasteiger partial charge in [-0.1, -0.05) is 41.9 Å². The van der Waals surface area contributed by atoms with Crippen molar-refractivity contribution in [2.24, 2.45) is 0 Å². The van der Waals surface area contributed by atoms with Crippen molar-refractivity contribution < 1.29 is 9.13 Å². The summed E-state index contributed by atoms with van der Waals surface area (Å²) >= 11 is 6.05. The number of ether oxygens (including phenoxy) is 1. The van der Waals surface area contributed by atoms with E-state index in [0.29, 0.717) is 23.5 Å². The van der Waals surface area contributed by atoms with Crippen LogP contribution >= 0.6 is 11.6 Å². The molecule has 0 saturated heterocycles. The lowest BCUT2D eigenvalue weighted by Gasteiger charge is -2.12. The van der Waals surface area contributed by atoms with Gasteiger partial charge < -0.3 is 4.74 Å². The Labute approximate surface area is 132 Å². The Bertz CT molecular complexity index is 781. The standard InChI is InChI=1S/C17H12ClFN2O/c18-17-14(8-9-20-21-17)15-10-13(19)6-7-16(15)22-11-12-4-2-1-3-5-12/h1-10H,11H2. The summed E-state index contributed by atoms with van der Waals surface area (Å²) < 4.78 is 19.4. The van der Waals surface area contributed by atoms with Crippen LogP contribution < -0.4 is 4.74 Å². The first-order valence-corrected chi connectivity index (χ1v) is 7.05. The van der Waals surface area contributed by atoms with Crippen molar-refractivity contribution in [3.63, 3.8) is 0 Å². The summed E-state index contributed by atoms with van der Waals surface area (Å²) in [7, 11) is 0. The van der Waals surface area contributed by atoms with Gasteiger partial charge in [0.25, 0.3) is 0 Å². The normalized spacial score (nSPS) is 10.5. The van der Waals surface area contributed by atoms with E-state index in [0.717, 1.165) is 5.56 Å². The second kappa shape index (κ2) is 6.54. The van der Waals surface area contributed by atoms with Crippen molar-refractivity contribution in [1.82, 2.24) is 10.2 Å². The molecule has 0 fully saturated rings. The van der Waals surface area contributed by atoms with Crippen molar-refractivity contribution in [3.05, 3.63) is 77.3 Å². The van der Waals surface area contributed by atoms with E-state index in [9.17, 15) is 4.39 Å². The quantitative estimate of drug-likeness (QED) is 0.710. The van der Waals surface area contributed by atoms with Crippen LogP contribution in [0.4, 0.5) is 4.39 Å². The van der Waals surface area contributed by atoms with E-state index in [1.807, 2.05) is 30.3 Å². The molecule has 22 heavy (non-hydrogen) atoms. The van der Waals surface area contributed by atoms with Crippen LogP contribution in [0.5, 0.6) is 5.75 Å². The molecule has 0 unspecified atom stereocenters. The zero-order chi connectivity index (χ0) is 15.4. The van der Waals surface area contributed by atoms with Gasteiger partial charge in [0.1, 0.15) is 18.2 Å². The third kappa shape index (κ3) is 3.23. The van der Waals surface area contributed by atoms with E-state index in [-0.39, 0.29) is 11.0 Å². The highest BCUT2D eigenvalue weighted by Crippen LogP contribution is 2.34. The number of benzene rings is 2. The summed E-state index contributed by atoms with van der Waals surface area (Å²) in [6.07, 6.45) is 1.51. The molecule has 0 saturated carbocycles. The fourth-order valence-corrected chi connectivity index (χ4v) is 2.30. The molecule has 0 radical (unpaired) electrons. The first-order valence-electron chi connectivity index (χ1n) is 6.68. The van der Waals surface area contributed by atoms with Crippen LogP contribution in [0.1, 0.15) is 5.56 Å². The van der Waals surface area contributed by atoms with E-state index in [1.54, 1.807) is 12.1 Å². The third-order valence-electron chi connectivity index (χ3n) is 3.14. The molecule has 3 aromatic rings. The Balaban J connectivity index is 1.93. The smallest absolute Gasteiger partial charge is 0.159 e. The molecule has 3 nitrogen and oxygen atoms in total. The van der Waals surface area contributed by atoms with Gasteiger partial charge in [-0.15, -0.1) is 5.10 Å². The molecule has 0 N–H and O–H groups in total. The number of hydrogen-bond donors (Lipinski definition) is 0. The molecule has 0 aliphatic carbocycles. The largest absolute Gasteiger partial charge is 0.488 e. The molecular weight excluding hydrogens is 303 g/mol. The average Bonchev–Trinajstić information content (AvgIpc) is 2.55. The summed E-state index contributed by atoms with van der Waals surface area (Å²) in [5.74, 6) is 0.176. The molecule has 0 aliphatic rings. The van der Waals surface area contributed by atoms with Crippen LogP contribution in [0.15, 0.2) is 60.8 Å². The first-order chi connectivity index (χ1) is 10.7. The number of nitrogens with zero attached hydrogens (tertiary/aromatic N) is 2. The van der Waals surface area contributed by atoms with Crippen molar-refractivity contribution in [1.29, 1.82) is 0 Å². The lowest BCUT2D eigenvalue weighted by molar-refractivity contribution is 0.307. The second-order valence-corrected chi connectivity index (χ2v) is 5.01. The monoisotopic (exact) mass is 314 g/mol. The Morgan fingerprint density at radius 2 is 1.82 bits per heavy atom. The van der Waals surface area contributed by atoms with Crippen molar-refractivity contribution >= 4 is 11.6 Å². The molecule has 5 heteroatoms. The minimum atomic E-state index is -0.366. The molecule has 3 rings (SSSR count). The molecule has 110 valence electrons. The number of rotatable bonds is 4. The first kappa shape index (κ1) is 14.5. The fraction of sp³-hybridized carbons (Fsp3) is 0.0588.